The summed E-state index contributed by atoms with van der Waals surface area (Å²) in [7, 11) is 0. The Morgan fingerprint density at radius 3 is 2.60 bits per heavy atom. The second-order valence-corrected chi connectivity index (χ2v) is 7.22. The van der Waals surface area contributed by atoms with Gasteiger partial charge in [-0.25, -0.2) is 0 Å². The van der Waals surface area contributed by atoms with Gasteiger partial charge in [-0.2, -0.15) is 0 Å². The van der Waals surface area contributed by atoms with Crippen molar-refractivity contribution in [3.63, 3.8) is 0 Å². The molecule has 0 aromatic heterocycles. The maximum absolute atomic E-state index is 12.7. The van der Waals surface area contributed by atoms with E-state index in [1.54, 1.807) is 0 Å². The minimum Gasteiger partial charge on any atom is -0.369 e. The Labute approximate surface area is 149 Å². The van der Waals surface area contributed by atoms with Crippen LogP contribution < -0.4 is 5.32 Å². The number of hydrogen-bond donors (Lipinski definition) is 1. The van der Waals surface area contributed by atoms with Gasteiger partial charge in [0.1, 0.15) is 6.10 Å². The molecule has 0 bridgehead atoms. The first-order valence-corrected chi connectivity index (χ1v) is 9.33. The summed E-state index contributed by atoms with van der Waals surface area (Å²) >= 11 is 0. The number of morpholine rings is 1. The lowest BCUT2D eigenvalue weighted by molar-refractivity contribution is -0.153. The molecule has 0 radical (unpaired) electrons. The van der Waals surface area contributed by atoms with Gasteiger partial charge in [0, 0.05) is 18.9 Å². The van der Waals surface area contributed by atoms with Gasteiger partial charge < -0.3 is 15.0 Å². The molecule has 5 nitrogen and oxygen atoms in total. The highest BCUT2D eigenvalue weighted by molar-refractivity contribution is 5.81. The number of nitrogens with zero attached hydrogens (tertiary/aromatic N) is 1. The molecule has 2 aliphatic rings. The second-order valence-electron chi connectivity index (χ2n) is 7.22. The highest BCUT2D eigenvalue weighted by atomic mass is 16.5. The van der Waals surface area contributed by atoms with E-state index in [2.05, 4.69) is 12.2 Å². The maximum atomic E-state index is 12.7. The molecular weight excluding hydrogens is 316 g/mol. The summed E-state index contributed by atoms with van der Waals surface area (Å²) in [6.07, 6.45) is 3.07. The lowest BCUT2D eigenvalue weighted by Gasteiger charge is -2.44. The summed E-state index contributed by atoms with van der Waals surface area (Å²) in [5, 5.41) is 2.93. The van der Waals surface area contributed by atoms with E-state index in [0.29, 0.717) is 26.0 Å². The summed E-state index contributed by atoms with van der Waals surface area (Å²) in [6.45, 7) is 5.22. The molecule has 1 N–H and O–H groups in total. The van der Waals surface area contributed by atoms with Gasteiger partial charge in [0.2, 0.25) is 11.8 Å². The average molecular weight is 344 g/mol. The Kier molecular flexibility index (Phi) is 5.74. The predicted molar refractivity (Wildman–Crippen MR) is 95.9 cm³/mol. The van der Waals surface area contributed by atoms with Gasteiger partial charge in [-0.1, -0.05) is 30.3 Å². The van der Waals surface area contributed by atoms with Crippen LogP contribution >= 0.6 is 0 Å². The zero-order chi connectivity index (χ0) is 17.8. The third kappa shape index (κ3) is 4.40. The van der Waals surface area contributed by atoms with Crippen LogP contribution in [-0.4, -0.2) is 41.9 Å². The van der Waals surface area contributed by atoms with Crippen molar-refractivity contribution in [3.8, 4) is 0 Å². The fourth-order valence-electron chi connectivity index (χ4n) is 3.57. The molecule has 0 unspecified atom stereocenters. The number of hydrogen-bond acceptors (Lipinski definition) is 3. The number of carbonyl (C=O) groups excluding carboxylic acids is 2. The number of rotatable bonds is 6. The lowest BCUT2D eigenvalue weighted by atomic mass is 9.98. The monoisotopic (exact) mass is 344 g/mol. The fraction of sp³-hybridized carbons (Fsp3) is 0.600. The van der Waals surface area contributed by atoms with Crippen LogP contribution in [0.1, 0.15) is 51.2 Å². The summed E-state index contributed by atoms with van der Waals surface area (Å²) in [4.78, 5) is 26.3. The third-order valence-electron chi connectivity index (χ3n) is 5.10. The first kappa shape index (κ1) is 17.9. The molecule has 2 fully saturated rings. The van der Waals surface area contributed by atoms with E-state index in [4.69, 9.17) is 4.74 Å². The molecule has 2 amide bonds. The number of ether oxygens (including phenoxy) is 1. The minimum atomic E-state index is -0.0871. The van der Waals surface area contributed by atoms with Crippen LogP contribution in [0, 0.1) is 5.92 Å². The quantitative estimate of drug-likeness (QED) is 0.807. The standard InChI is InChI=1S/C20H28N2O3/c1-14-13-25-19(16-7-4-3-5-8-16)15(2)22(14)18(23)9-6-12-21-20(24)17-10-11-17/h3-5,7-8,14-15,17,19H,6,9-13H2,1-2H3,(H,21,24)/t14-,15-,19+/m1/s1. The zero-order valence-electron chi connectivity index (χ0n) is 15.1. The maximum Gasteiger partial charge on any atom is 0.223 e. The number of nitrogens with one attached hydrogen (secondary N) is 1. The molecule has 0 spiro atoms. The van der Waals surface area contributed by atoms with Gasteiger partial charge >= 0.3 is 0 Å². The van der Waals surface area contributed by atoms with E-state index >= 15 is 0 Å². The van der Waals surface area contributed by atoms with Crippen molar-refractivity contribution >= 4 is 11.8 Å². The van der Waals surface area contributed by atoms with E-state index in [1.165, 1.54) is 0 Å². The van der Waals surface area contributed by atoms with Gasteiger partial charge in [-0.3, -0.25) is 9.59 Å². The minimum absolute atomic E-state index is 0.000273. The predicted octanol–water partition coefficient (Wildman–Crippen LogP) is 2.67. The first-order valence-electron chi connectivity index (χ1n) is 9.33. The molecule has 1 aliphatic carbocycles. The normalized spacial score (nSPS) is 26.3. The van der Waals surface area contributed by atoms with Crippen LogP contribution in [-0.2, 0) is 14.3 Å². The van der Waals surface area contributed by atoms with E-state index in [0.717, 1.165) is 18.4 Å². The molecule has 1 aromatic carbocycles. The van der Waals surface area contributed by atoms with Crippen LogP contribution in [0.5, 0.6) is 0 Å². The van der Waals surface area contributed by atoms with Crippen LogP contribution in [0.15, 0.2) is 30.3 Å². The Morgan fingerprint density at radius 2 is 1.92 bits per heavy atom. The number of benzene rings is 1. The summed E-state index contributed by atoms with van der Waals surface area (Å²) < 4.78 is 6.01. The Bertz CT molecular complexity index is 600. The van der Waals surface area contributed by atoms with E-state index in [-0.39, 0.29) is 35.9 Å². The molecule has 1 saturated carbocycles. The molecule has 1 aromatic rings. The molecule has 3 rings (SSSR count). The van der Waals surface area contributed by atoms with Crippen molar-refractivity contribution in [2.24, 2.45) is 5.92 Å². The summed E-state index contributed by atoms with van der Waals surface area (Å²) in [6, 6.07) is 10.2. The largest absolute Gasteiger partial charge is 0.369 e. The number of amides is 2. The molecule has 136 valence electrons. The second kappa shape index (κ2) is 8.00. The van der Waals surface area contributed by atoms with E-state index < -0.39 is 0 Å². The fourth-order valence-corrected chi connectivity index (χ4v) is 3.57. The molecule has 1 aliphatic heterocycles. The van der Waals surface area contributed by atoms with Crippen molar-refractivity contribution in [1.29, 1.82) is 0 Å². The van der Waals surface area contributed by atoms with Crippen molar-refractivity contribution in [1.82, 2.24) is 10.2 Å². The van der Waals surface area contributed by atoms with Gasteiger partial charge in [0.05, 0.1) is 18.7 Å². The summed E-state index contributed by atoms with van der Waals surface area (Å²) in [5.41, 5.74) is 1.11. The van der Waals surface area contributed by atoms with E-state index in [9.17, 15) is 9.59 Å². The average Bonchev–Trinajstić information content (AvgIpc) is 3.44. The van der Waals surface area contributed by atoms with Crippen molar-refractivity contribution in [2.75, 3.05) is 13.2 Å². The lowest BCUT2D eigenvalue weighted by Crippen LogP contribution is -2.53. The third-order valence-corrected chi connectivity index (χ3v) is 5.10. The zero-order valence-corrected chi connectivity index (χ0v) is 15.1. The highest BCUT2D eigenvalue weighted by Gasteiger charge is 2.36. The molecule has 1 saturated heterocycles. The molecule has 1 heterocycles. The molecule has 5 heteroatoms. The molecule has 3 atom stereocenters. The highest BCUT2D eigenvalue weighted by Crippen LogP contribution is 2.31. The summed E-state index contributed by atoms with van der Waals surface area (Å²) in [5.74, 6) is 0.510. The smallest absolute Gasteiger partial charge is 0.223 e. The Balaban J connectivity index is 1.53. The van der Waals surface area contributed by atoms with Gasteiger partial charge in [0.25, 0.3) is 0 Å². The van der Waals surface area contributed by atoms with Gasteiger partial charge in [-0.15, -0.1) is 0 Å². The van der Waals surface area contributed by atoms with Crippen molar-refractivity contribution < 1.29 is 14.3 Å². The van der Waals surface area contributed by atoms with Crippen LogP contribution in [0.2, 0.25) is 0 Å². The number of carbonyl (C=O) groups is 2. The Hall–Kier alpha value is -1.88. The molecular formula is C20H28N2O3. The SMILES string of the molecule is C[C@@H]1CO[C@H](c2ccccc2)[C@@H](C)N1C(=O)CCCNC(=O)C1CC1. The molecule has 25 heavy (non-hydrogen) atoms. The first-order chi connectivity index (χ1) is 12.1. The van der Waals surface area contributed by atoms with Gasteiger partial charge in [0.15, 0.2) is 0 Å². The van der Waals surface area contributed by atoms with Crippen LogP contribution in [0.3, 0.4) is 0 Å². The van der Waals surface area contributed by atoms with E-state index in [1.807, 2.05) is 42.2 Å². The van der Waals surface area contributed by atoms with Crippen LogP contribution in [0.25, 0.3) is 0 Å². The Morgan fingerprint density at radius 1 is 1.20 bits per heavy atom. The van der Waals surface area contributed by atoms with Crippen molar-refractivity contribution in [3.05, 3.63) is 35.9 Å². The van der Waals surface area contributed by atoms with Gasteiger partial charge in [-0.05, 0) is 38.7 Å². The van der Waals surface area contributed by atoms with Crippen molar-refractivity contribution in [2.45, 2.75) is 57.7 Å². The topological polar surface area (TPSA) is 58.6 Å². The van der Waals surface area contributed by atoms with Crippen LogP contribution in [0.4, 0.5) is 0 Å².